The van der Waals surface area contributed by atoms with E-state index in [4.69, 9.17) is 21.4 Å². The van der Waals surface area contributed by atoms with Crippen molar-refractivity contribution in [2.75, 3.05) is 24.6 Å². The summed E-state index contributed by atoms with van der Waals surface area (Å²) in [7, 11) is 0. The van der Waals surface area contributed by atoms with Crippen LogP contribution in [0.2, 0.25) is 5.02 Å². The fourth-order valence-electron chi connectivity index (χ4n) is 4.35. The Morgan fingerprint density at radius 3 is 2.53 bits per heavy atom. The molecule has 2 aromatic carbocycles. The fraction of sp³-hybridized carbons (Fsp3) is 0.464. The number of amides is 2. The molecular formula is C28H35AcClN2O6. The zero-order valence-electron chi connectivity index (χ0n) is 22.3. The summed E-state index contributed by atoms with van der Waals surface area (Å²) in [6.07, 6.45) is -1.78. The molecule has 203 valence electrons. The second-order valence-corrected chi connectivity index (χ2v) is 10.7. The molecule has 38 heavy (non-hydrogen) atoms. The molecule has 0 saturated heterocycles. The molecule has 2 amide bonds. The van der Waals surface area contributed by atoms with Gasteiger partial charge in [0.2, 0.25) is 5.91 Å². The van der Waals surface area contributed by atoms with Crippen molar-refractivity contribution in [1.82, 2.24) is 5.32 Å². The molecule has 1 aliphatic rings. The molecule has 0 unspecified atom stereocenters. The van der Waals surface area contributed by atoms with E-state index in [0.29, 0.717) is 16.3 Å². The number of carbonyl (C=O) groups excluding carboxylic acids is 2. The Morgan fingerprint density at radius 1 is 1.16 bits per heavy atom. The number of aliphatic carboxylic acids is 1. The number of ether oxygens (including phenoxy) is 1. The van der Waals surface area contributed by atoms with Crippen molar-refractivity contribution in [2.45, 2.75) is 59.2 Å². The monoisotopic (exact) mass is 757 g/mol. The van der Waals surface area contributed by atoms with E-state index in [9.17, 15) is 19.5 Å². The maximum Gasteiger partial charge on any atom is 0.303 e. The van der Waals surface area contributed by atoms with Crippen LogP contribution in [0.25, 0.3) is 0 Å². The molecule has 2 aromatic rings. The third-order valence-corrected chi connectivity index (χ3v) is 6.84. The van der Waals surface area contributed by atoms with E-state index in [-0.39, 0.29) is 83.0 Å². The Hall–Kier alpha value is -1.50. The molecule has 3 rings (SSSR count). The molecule has 1 heterocycles. The summed E-state index contributed by atoms with van der Waals surface area (Å²) in [5, 5.41) is 21.9. The van der Waals surface area contributed by atoms with Gasteiger partial charge < -0.3 is 25.2 Å². The van der Waals surface area contributed by atoms with E-state index < -0.39 is 35.4 Å². The molecular weight excluding hydrogens is 723 g/mol. The van der Waals surface area contributed by atoms with Crippen LogP contribution in [-0.2, 0) is 19.1 Å². The molecule has 0 fully saturated rings. The predicted molar refractivity (Wildman–Crippen MR) is 142 cm³/mol. The maximum atomic E-state index is 13.9. The summed E-state index contributed by atoms with van der Waals surface area (Å²) in [5.74, 6) is -1.74. The number of benzene rings is 2. The zero-order chi connectivity index (χ0) is 27.3. The molecule has 0 saturated carbocycles. The standard InChI is InChI=1S/C28H35ClN2O6.Ac/c1-17-7-5-8-20(18(17)2)26-21-13-19(29)10-11-22(21)31(15-28(3,4)16-32)27(36)23(37-26)14-24(33)30-12-6-9-25(34)35;/h5,7-8,10-11,13,23,26,32H,6,9,12,14-16H2,1-4H3,(H,30,33)(H,34,35);/t23-,26-;/m1./s1. The SMILES string of the molecule is Cc1cccc([C@H]2O[C@H](CC(=O)NCCCC(=O)O)C(=O)N(CC(C)(C)CO)c3ccc(Cl)cc32)c1C.[Ac]. The van der Waals surface area contributed by atoms with Crippen LogP contribution in [0.4, 0.5) is 5.69 Å². The molecule has 0 spiro atoms. The van der Waals surface area contributed by atoms with Gasteiger partial charge in [0.25, 0.3) is 5.91 Å². The first kappa shape index (κ1) is 32.7. The number of aryl methyl sites for hydroxylation is 1. The molecule has 8 nitrogen and oxygen atoms in total. The molecule has 0 aromatic heterocycles. The van der Waals surface area contributed by atoms with Crippen LogP contribution in [0, 0.1) is 63.3 Å². The van der Waals surface area contributed by atoms with Crippen molar-refractivity contribution in [1.29, 1.82) is 0 Å². The van der Waals surface area contributed by atoms with Crippen molar-refractivity contribution < 1.29 is 73.4 Å². The first-order valence-electron chi connectivity index (χ1n) is 12.4. The number of carboxylic acid groups (broad SMARTS) is 1. The number of nitrogens with one attached hydrogen (secondary N) is 1. The number of nitrogens with zero attached hydrogens (tertiary/aromatic N) is 1. The van der Waals surface area contributed by atoms with Crippen molar-refractivity contribution >= 4 is 35.1 Å². The second kappa shape index (κ2) is 14.2. The third-order valence-electron chi connectivity index (χ3n) is 6.61. The number of anilines is 1. The number of carboxylic acids is 1. The largest absolute Gasteiger partial charge is 0.481 e. The van der Waals surface area contributed by atoms with Crippen LogP contribution in [0.15, 0.2) is 36.4 Å². The summed E-state index contributed by atoms with van der Waals surface area (Å²) in [5.41, 5.74) is 3.64. The Bertz CT molecular complexity index is 1170. The van der Waals surface area contributed by atoms with Crippen LogP contribution in [0.1, 0.15) is 61.5 Å². The van der Waals surface area contributed by atoms with Crippen LogP contribution >= 0.6 is 11.6 Å². The Labute approximate surface area is 264 Å². The summed E-state index contributed by atoms with van der Waals surface area (Å²) >= 11 is 6.41. The smallest absolute Gasteiger partial charge is 0.303 e. The number of halogens is 1. The molecule has 1 radical (unpaired) electrons. The molecule has 0 bridgehead atoms. The van der Waals surface area contributed by atoms with E-state index in [1.165, 1.54) is 0 Å². The first-order chi connectivity index (χ1) is 17.4. The van der Waals surface area contributed by atoms with E-state index >= 15 is 0 Å². The topological polar surface area (TPSA) is 116 Å². The summed E-state index contributed by atoms with van der Waals surface area (Å²) in [4.78, 5) is 39.0. The molecule has 2 atom stereocenters. The summed E-state index contributed by atoms with van der Waals surface area (Å²) < 4.78 is 6.45. The first-order valence-corrected chi connectivity index (χ1v) is 12.7. The number of aliphatic hydroxyl groups excluding tert-OH is 1. The van der Waals surface area contributed by atoms with Gasteiger partial charge in [0.15, 0.2) is 0 Å². The minimum Gasteiger partial charge on any atom is -0.481 e. The zero-order valence-corrected chi connectivity index (χ0v) is 27.8. The van der Waals surface area contributed by atoms with Crippen molar-refractivity contribution in [3.63, 3.8) is 0 Å². The molecule has 3 N–H and O–H groups in total. The van der Waals surface area contributed by atoms with E-state index in [0.717, 1.165) is 16.7 Å². The summed E-state index contributed by atoms with van der Waals surface area (Å²) in [6, 6.07) is 11.1. The van der Waals surface area contributed by atoms with E-state index in [1.807, 2.05) is 45.9 Å². The van der Waals surface area contributed by atoms with E-state index in [2.05, 4.69) is 5.32 Å². The minimum absolute atomic E-state index is 0. The van der Waals surface area contributed by atoms with Crippen LogP contribution in [0.5, 0.6) is 0 Å². The van der Waals surface area contributed by atoms with Crippen molar-refractivity contribution in [3.05, 3.63) is 63.7 Å². The van der Waals surface area contributed by atoms with Gasteiger partial charge in [-0.05, 0) is 55.2 Å². The van der Waals surface area contributed by atoms with Gasteiger partial charge in [-0.15, -0.1) is 0 Å². The Morgan fingerprint density at radius 2 is 1.87 bits per heavy atom. The van der Waals surface area contributed by atoms with Gasteiger partial charge in [-0.1, -0.05) is 43.6 Å². The number of rotatable bonds is 10. The second-order valence-electron chi connectivity index (χ2n) is 10.3. The van der Waals surface area contributed by atoms with Gasteiger partial charge in [-0.3, -0.25) is 14.4 Å². The number of aliphatic hydroxyl groups is 1. The molecule has 10 heteroatoms. The van der Waals surface area contributed by atoms with Crippen molar-refractivity contribution in [2.24, 2.45) is 5.41 Å². The van der Waals surface area contributed by atoms with Gasteiger partial charge in [-0.2, -0.15) is 0 Å². The fourth-order valence-corrected chi connectivity index (χ4v) is 4.53. The Balaban J connectivity index is 0.00000507. The van der Waals surface area contributed by atoms with Crippen LogP contribution in [0.3, 0.4) is 0 Å². The number of hydrogen-bond donors (Lipinski definition) is 3. The van der Waals surface area contributed by atoms with Gasteiger partial charge in [-0.25, -0.2) is 0 Å². The van der Waals surface area contributed by atoms with Crippen LogP contribution in [-0.4, -0.2) is 53.8 Å². The van der Waals surface area contributed by atoms with Gasteiger partial charge >= 0.3 is 5.97 Å². The van der Waals surface area contributed by atoms with Crippen molar-refractivity contribution in [3.8, 4) is 0 Å². The molecule has 0 aliphatic carbocycles. The number of fused-ring (bicyclic) bond motifs is 1. The van der Waals surface area contributed by atoms with E-state index in [1.54, 1.807) is 23.1 Å². The average molecular weight is 758 g/mol. The maximum absolute atomic E-state index is 13.9. The quantitative estimate of drug-likeness (QED) is 0.314. The molecule has 1 aliphatic heterocycles. The average Bonchev–Trinajstić information content (AvgIpc) is 2.94. The Kier molecular flexibility index (Phi) is 12.2. The predicted octanol–water partition coefficient (Wildman–Crippen LogP) is 4.17. The number of carbonyl (C=O) groups is 3. The normalized spacial score (nSPS) is 17.3. The van der Waals surface area contributed by atoms with Gasteiger partial charge in [0.05, 0.1) is 6.42 Å². The third kappa shape index (κ3) is 8.25. The number of hydrogen-bond acceptors (Lipinski definition) is 5. The van der Waals surface area contributed by atoms with Gasteiger partial charge in [0.1, 0.15) is 12.2 Å². The van der Waals surface area contributed by atoms with Crippen LogP contribution < -0.4 is 10.2 Å². The van der Waals surface area contributed by atoms with Gasteiger partial charge in [0, 0.05) is 91.9 Å². The minimum atomic E-state index is -1.11. The summed E-state index contributed by atoms with van der Waals surface area (Å²) in [6.45, 7) is 7.94.